The lowest BCUT2D eigenvalue weighted by Gasteiger charge is -2.00. The van der Waals surface area contributed by atoms with Crippen molar-refractivity contribution in [3.8, 4) is 11.8 Å². The van der Waals surface area contributed by atoms with E-state index in [9.17, 15) is 9.59 Å². The van der Waals surface area contributed by atoms with Gasteiger partial charge in [0.15, 0.2) is 11.5 Å². The Morgan fingerprint density at radius 3 is 2.50 bits per heavy atom. The number of carbonyl (C=O) groups is 2. The molecule has 0 saturated heterocycles. The van der Waals surface area contributed by atoms with Gasteiger partial charge in [0, 0.05) is 17.3 Å². The molecule has 0 amide bonds. The zero-order chi connectivity index (χ0) is 19.9. The maximum Gasteiger partial charge on any atom is 0.359 e. The highest BCUT2D eigenvalue weighted by Gasteiger charge is 2.17. The Balaban J connectivity index is 1.91. The number of para-hydroxylation sites is 1. The maximum absolute atomic E-state index is 12.4. The van der Waals surface area contributed by atoms with Crippen LogP contribution in [-0.2, 0) is 4.74 Å². The molecular formula is C22H17N3O3. The van der Waals surface area contributed by atoms with E-state index in [2.05, 4.69) is 5.10 Å². The van der Waals surface area contributed by atoms with E-state index in [0.717, 1.165) is 5.69 Å². The van der Waals surface area contributed by atoms with Gasteiger partial charge in [0.25, 0.3) is 0 Å². The number of carbonyl (C=O) groups excluding carboxylic acids is 2. The van der Waals surface area contributed by atoms with Crippen LogP contribution in [0.15, 0.2) is 66.9 Å². The summed E-state index contributed by atoms with van der Waals surface area (Å²) in [6.45, 7) is 1.94. The summed E-state index contributed by atoms with van der Waals surface area (Å²) in [4.78, 5) is 24.6. The normalized spacial score (nSPS) is 10.6. The summed E-state index contributed by atoms with van der Waals surface area (Å²) in [5, 5.41) is 13.2. The number of nitrogens with zero attached hydrogens (tertiary/aromatic N) is 3. The standard InChI is InChI=1S/C22H17N3O3/c1-2-28-22(27)21-18(15-25(24-21)19-6-4-3-5-7-19)12-13-20(26)17-10-8-16(14-23)9-11-17/h3-13,15H,2H2,1H3/b13-12+. The minimum absolute atomic E-state index is 0.134. The third-order valence-electron chi connectivity index (χ3n) is 3.94. The first-order valence-corrected chi connectivity index (χ1v) is 8.67. The van der Waals surface area contributed by atoms with Crippen molar-refractivity contribution in [2.45, 2.75) is 6.92 Å². The average Bonchev–Trinajstić information content (AvgIpc) is 3.17. The highest BCUT2D eigenvalue weighted by molar-refractivity contribution is 6.07. The van der Waals surface area contributed by atoms with Crippen LogP contribution in [0.25, 0.3) is 11.8 Å². The number of rotatable bonds is 6. The molecule has 2 aromatic carbocycles. The Bertz CT molecular complexity index is 1060. The van der Waals surface area contributed by atoms with Crippen molar-refractivity contribution in [3.05, 3.63) is 89.3 Å². The van der Waals surface area contributed by atoms with E-state index < -0.39 is 5.97 Å². The molecule has 0 fully saturated rings. The van der Waals surface area contributed by atoms with Crippen LogP contribution in [0.2, 0.25) is 0 Å². The van der Waals surface area contributed by atoms with Gasteiger partial charge < -0.3 is 4.74 Å². The molecule has 3 rings (SSSR count). The molecule has 28 heavy (non-hydrogen) atoms. The van der Waals surface area contributed by atoms with E-state index >= 15 is 0 Å². The molecule has 6 nitrogen and oxygen atoms in total. The fraction of sp³-hybridized carbons (Fsp3) is 0.0909. The molecule has 0 aliphatic heterocycles. The van der Waals surface area contributed by atoms with Crippen LogP contribution in [0.5, 0.6) is 0 Å². The lowest BCUT2D eigenvalue weighted by molar-refractivity contribution is 0.0518. The molecule has 0 N–H and O–H groups in total. The molecule has 0 radical (unpaired) electrons. The summed E-state index contributed by atoms with van der Waals surface area (Å²) < 4.78 is 6.64. The van der Waals surface area contributed by atoms with Gasteiger partial charge >= 0.3 is 5.97 Å². The highest BCUT2D eigenvalue weighted by atomic mass is 16.5. The van der Waals surface area contributed by atoms with Crippen LogP contribution in [0.4, 0.5) is 0 Å². The van der Waals surface area contributed by atoms with E-state index in [1.165, 1.54) is 6.08 Å². The van der Waals surface area contributed by atoms with Gasteiger partial charge in [0.1, 0.15) is 0 Å². The van der Waals surface area contributed by atoms with Gasteiger partial charge in [0.2, 0.25) is 0 Å². The Morgan fingerprint density at radius 1 is 1.14 bits per heavy atom. The zero-order valence-electron chi connectivity index (χ0n) is 15.2. The molecule has 0 bridgehead atoms. The minimum atomic E-state index is -0.553. The van der Waals surface area contributed by atoms with Gasteiger partial charge in [-0.05, 0) is 55.5 Å². The fourth-order valence-electron chi connectivity index (χ4n) is 2.55. The monoisotopic (exact) mass is 371 g/mol. The Labute approximate surface area is 162 Å². The molecule has 1 heterocycles. The summed E-state index contributed by atoms with van der Waals surface area (Å²) in [5.41, 5.74) is 2.32. The number of hydrogen-bond acceptors (Lipinski definition) is 5. The number of ether oxygens (including phenoxy) is 1. The van der Waals surface area contributed by atoms with Gasteiger partial charge in [0.05, 0.1) is 23.9 Å². The van der Waals surface area contributed by atoms with Crippen LogP contribution in [0.1, 0.15) is 38.9 Å². The average molecular weight is 371 g/mol. The van der Waals surface area contributed by atoms with Gasteiger partial charge in [-0.25, -0.2) is 9.48 Å². The van der Waals surface area contributed by atoms with Crippen molar-refractivity contribution in [1.82, 2.24) is 9.78 Å². The van der Waals surface area contributed by atoms with Crippen molar-refractivity contribution in [2.75, 3.05) is 6.61 Å². The largest absolute Gasteiger partial charge is 0.461 e. The predicted molar refractivity (Wildman–Crippen MR) is 104 cm³/mol. The number of esters is 1. The first kappa shape index (κ1) is 18.8. The second-order valence-corrected chi connectivity index (χ2v) is 5.82. The molecule has 0 saturated carbocycles. The molecule has 0 aliphatic rings. The van der Waals surface area contributed by atoms with Crippen LogP contribution >= 0.6 is 0 Å². The van der Waals surface area contributed by atoms with Crippen molar-refractivity contribution in [1.29, 1.82) is 5.26 Å². The smallest absolute Gasteiger partial charge is 0.359 e. The number of aromatic nitrogens is 2. The second kappa shape index (κ2) is 8.60. The number of allylic oxidation sites excluding steroid dienone is 1. The molecule has 0 spiro atoms. The summed E-state index contributed by atoms with van der Waals surface area (Å²) in [5.74, 6) is -0.797. The number of nitriles is 1. The molecule has 138 valence electrons. The van der Waals surface area contributed by atoms with Crippen molar-refractivity contribution >= 4 is 17.8 Å². The van der Waals surface area contributed by atoms with Crippen LogP contribution < -0.4 is 0 Å². The quantitative estimate of drug-likeness (QED) is 0.374. The SMILES string of the molecule is CCOC(=O)c1nn(-c2ccccc2)cc1/C=C/C(=O)c1ccc(C#N)cc1. The molecule has 1 aromatic heterocycles. The molecule has 0 unspecified atom stereocenters. The Hall–Kier alpha value is -3.98. The first-order valence-electron chi connectivity index (χ1n) is 8.67. The Morgan fingerprint density at radius 2 is 1.86 bits per heavy atom. The second-order valence-electron chi connectivity index (χ2n) is 5.82. The predicted octanol–water partition coefficient (Wildman–Crippen LogP) is 3.82. The summed E-state index contributed by atoms with van der Waals surface area (Å²) >= 11 is 0. The summed E-state index contributed by atoms with van der Waals surface area (Å²) in [6, 6.07) is 17.7. The molecular weight excluding hydrogens is 354 g/mol. The third kappa shape index (κ3) is 4.22. The maximum atomic E-state index is 12.4. The lowest BCUT2D eigenvalue weighted by Crippen LogP contribution is -2.08. The molecule has 0 aliphatic carbocycles. The van der Waals surface area contributed by atoms with Gasteiger partial charge in [-0.3, -0.25) is 4.79 Å². The van der Waals surface area contributed by atoms with E-state index in [1.807, 2.05) is 36.4 Å². The summed E-state index contributed by atoms with van der Waals surface area (Å²) in [6.07, 6.45) is 4.58. The van der Waals surface area contributed by atoms with Crippen LogP contribution in [0.3, 0.4) is 0 Å². The van der Waals surface area contributed by atoms with Crippen LogP contribution in [-0.4, -0.2) is 28.1 Å². The van der Waals surface area contributed by atoms with E-state index in [0.29, 0.717) is 16.7 Å². The Kier molecular flexibility index (Phi) is 5.78. The number of ketones is 1. The topological polar surface area (TPSA) is 85.0 Å². The molecule has 6 heteroatoms. The van der Waals surface area contributed by atoms with E-state index in [-0.39, 0.29) is 18.1 Å². The minimum Gasteiger partial charge on any atom is -0.461 e. The van der Waals surface area contributed by atoms with Gasteiger partial charge in [-0.2, -0.15) is 10.4 Å². The zero-order valence-corrected chi connectivity index (χ0v) is 15.2. The third-order valence-corrected chi connectivity index (χ3v) is 3.94. The van der Waals surface area contributed by atoms with Gasteiger partial charge in [-0.1, -0.05) is 18.2 Å². The fourth-order valence-corrected chi connectivity index (χ4v) is 2.55. The summed E-state index contributed by atoms with van der Waals surface area (Å²) in [7, 11) is 0. The van der Waals surface area contributed by atoms with Gasteiger partial charge in [-0.15, -0.1) is 0 Å². The van der Waals surface area contributed by atoms with E-state index in [4.69, 9.17) is 10.00 Å². The van der Waals surface area contributed by atoms with Crippen LogP contribution in [0, 0.1) is 11.3 Å². The van der Waals surface area contributed by atoms with E-state index in [1.54, 1.807) is 48.1 Å². The highest BCUT2D eigenvalue weighted by Crippen LogP contribution is 2.16. The van der Waals surface area contributed by atoms with Crippen molar-refractivity contribution in [2.24, 2.45) is 0 Å². The molecule has 0 atom stereocenters. The lowest BCUT2D eigenvalue weighted by atomic mass is 10.1. The van der Waals surface area contributed by atoms with Crippen molar-refractivity contribution in [3.63, 3.8) is 0 Å². The number of benzene rings is 2. The number of hydrogen-bond donors (Lipinski definition) is 0. The molecule has 3 aromatic rings. The first-order chi connectivity index (χ1) is 13.6. The van der Waals surface area contributed by atoms with Crippen molar-refractivity contribution < 1.29 is 14.3 Å².